The molecule has 1 unspecified atom stereocenters. The van der Waals surface area contributed by atoms with E-state index >= 15 is 0 Å². The first kappa shape index (κ1) is 20.1. The lowest BCUT2D eigenvalue weighted by molar-refractivity contribution is -0.0432. The van der Waals surface area contributed by atoms with Gasteiger partial charge in [0.1, 0.15) is 5.82 Å². The van der Waals surface area contributed by atoms with Crippen LogP contribution in [0, 0.1) is 11.7 Å². The number of nitrogen functional groups attached to an aromatic ring is 1. The normalized spacial score (nSPS) is 21.9. The number of rotatable bonds is 3. The Morgan fingerprint density at radius 2 is 1.90 bits per heavy atom. The lowest BCUT2D eigenvalue weighted by Gasteiger charge is -2.30. The van der Waals surface area contributed by atoms with Crippen molar-refractivity contribution in [2.75, 3.05) is 23.8 Å². The number of nitrogens with two attached hydrogens (primary N) is 2. The highest BCUT2D eigenvalue weighted by Crippen LogP contribution is 2.45. The van der Waals surface area contributed by atoms with E-state index in [1.807, 2.05) is 0 Å². The fourth-order valence-electron chi connectivity index (χ4n) is 4.12. The highest BCUT2D eigenvalue weighted by Gasteiger charge is 2.54. The number of alkyl halides is 2. The van der Waals surface area contributed by atoms with E-state index in [9.17, 15) is 22.8 Å². The van der Waals surface area contributed by atoms with Crippen molar-refractivity contribution >= 4 is 28.2 Å². The molecule has 4 rings (SSSR count). The van der Waals surface area contributed by atoms with Crippen LogP contribution in [0.4, 0.5) is 18.9 Å². The quantitative estimate of drug-likeness (QED) is 0.722. The van der Waals surface area contributed by atoms with Crippen LogP contribution in [-0.4, -0.2) is 33.8 Å². The summed E-state index contributed by atoms with van der Waals surface area (Å²) in [6, 6.07) is 0.673. The molecule has 158 valence electrons. The molecule has 2 heterocycles. The van der Waals surface area contributed by atoms with E-state index in [0.29, 0.717) is 17.5 Å². The first-order chi connectivity index (χ1) is 13.3. The fraction of sp³-hybridized carbons (Fsp3) is 0.556. The molecule has 2 aromatic rings. The van der Waals surface area contributed by atoms with Crippen molar-refractivity contribution in [3.63, 3.8) is 0 Å². The van der Waals surface area contributed by atoms with Crippen molar-refractivity contribution in [3.05, 3.63) is 37.7 Å². The Morgan fingerprint density at radius 3 is 2.41 bits per heavy atom. The summed E-state index contributed by atoms with van der Waals surface area (Å²) in [5.74, 6) is 0.221. The molecule has 1 saturated carbocycles. The fourth-order valence-corrected chi connectivity index (χ4v) is 4.52. The van der Waals surface area contributed by atoms with E-state index < -0.39 is 41.0 Å². The van der Waals surface area contributed by atoms with Gasteiger partial charge in [-0.3, -0.25) is 9.36 Å². The minimum atomic E-state index is -3.17. The van der Waals surface area contributed by atoms with Gasteiger partial charge in [-0.2, -0.15) is 4.68 Å². The summed E-state index contributed by atoms with van der Waals surface area (Å²) >= 11 is 6.45. The number of benzene rings is 1. The Balaban J connectivity index is 1.96. The van der Waals surface area contributed by atoms with Gasteiger partial charge < -0.3 is 16.5 Å². The van der Waals surface area contributed by atoms with E-state index in [-0.39, 0.29) is 34.2 Å². The van der Waals surface area contributed by atoms with Crippen LogP contribution in [0.2, 0.25) is 5.02 Å². The summed E-state index contributed by atoms with van der Waals surface area (Å²) in [5.41, 5.74) is 2.77. The minimum absolute atomic E-state index is 0.0149. The van der Waals surface area contributed by atoms with Crippen LogP contribution in [0.1, 0.15) is 32.7 Å². The zero-order valence-corrected chi connectivity index (χ0v) is 16.6. The molecule has 1 saturated heterocycles. The van der Waals surface area contributed by atoms with Crippen molar-refractivity contribution in [2.45, 2.75) is 44.2 Å². The van der Waals surface area contributed by atoms with Gasteiger partial charge in [-0.15, -0.1) is 0 Å². The maximum absolute atomic E-state index is 15.0. The van der Waals surface area contributed by atoms with Crippen LogP contribution in [0.25, 0.3) is 10.9 Å². The monoisotopic (exact) mass is 431 g/mol. The van der Waals surface area contributed by atoms with Gasteiger partial charge in [0.15, 0.2) is 0 Å². The molecule has 0 amide bonds. The molecule has 29 heavy (non-hydrogen) atoms. The summed E-state index contributed by atoms with van der Waals surface area (Å²) in [4.78, 5) is 26.1. The Bertz CT molecular complexity index is 1130. The van der Waals surface area contributed by atoms with Gasteiger partial charge in [-0.1, -0.05) is 11.6 Å². The molecule has 1 atom stereocenters. The first-order valence-electron chi connectivity index (χ1n) is 9.20. The summed E-state index contributed by atoms with van der Waals surface area (Å²) in [5, 5.41) is -0.431. The lowest BCUT2D eigenvalue weighted by atomic mass is 9.85. The van der Waals surface area contributed by atoms with E-state index in [4.69, 9.17) is 23.2 Å². The molecule has 2 aliphatic rings. The number of aromatic nitrogens is 2. The average Bonchev–Trinajstić information content (AvgIpc) is 3.36. The second-order valence-corrected chi connectivity index (χ2v) is 8.87. The Kier molecular flexibility index (Phi) is 4.26. The van der Waals surface area contributed by atoms with E-state index in [2.05, 4.69) is 0 Å². The molecule has 4 N–H and O–H groups in total. The summed E-state index contributed by atoms with van der Waals surface area (Å²) < 4.78 is 45.9. The summed E-state index contributed by atoms with van der Waals surface area (Å²) in [6.45, 7) is 1.98. The summed E-state index contributed by atoms with van der Waals surface area (Å²) in [6.07, 6.45) is 1.34. The van der Waals surface area contributed by atoms with Gasteiger partial charge in [0.05, 0.1) is 34.1 Å². The number of hydrogen-bond donors (Lipinski definition) is 2. The highest BCUT2D eigenvalue weighted by molar-refractivity contribution is 6.38. The molecule has 1 aromatic heterocycles. The molecule has 2 fully saturated rings. The maximum Gasteiger partial charge on any atom is 0.350 e. The lowest BCUT2D eigenvalue weighted by Crippen LogP contribution is -2.49. The molecule has 7 nitrogen and oxygen atoms in total. The minimum Gasteiger partial charge on any atom is -0.361 e. The largest absolute Gasteiger partial charge is 0.361 e. The standard InChI is InChI=1S/C18H21ClF3N5O2/c1-17(2,23)11-6-25(7-18(11,21)22)14-10(20)5-9-13(12(14)19)26(8-3-4-8)16(29)27(24)15(9)28/h5,8,11H,3-4,6-7,23-24H2,1-2H3. The molecule has 1 aliphatic heterocycles. The molecule has 0 radical (unpaired) electrons. The number of nitrogens with zero attached hydrogens (tertiary/aromatic N) is 3. The molecule has 11 heteroatoms. The topological polar surface area (TPSA) is 99.3 Å². The maximum atomic E-state index is 15.0. The molecule has 1 aromatic carbocycles. The van der Waals surface area contributed by atoms with Crippen LogP contribution < -0.4 is 27.7 Å². The zero-order valence-electron chi connectivity index (χ0n) is 15.9. The van der Waals surface area contributed by atoms with Crippen LogP contribution in [-0.2, 0) is 0 Å². The first-order valence-corrected chi connectivity index (χ1v) is 9.58. The third kappa shape index (κ3) is 3.00. The molecule has 0 spiro atoms. The van der Waals surface area contributed by atoms with Crippen LogP contribution in [0.5, 0.6) is 0 Å². The van der Waals surface area contributed by atoms with Crippen molar-refractivity contribution in [1.29, 1.82) is 0 Å². The molecular weight excluding hydrogens is 411 g/mol. The van der Waals surface area contributed by atoms with Gasteiger partial charge in [0.2, 0.25) is 0 Å². The van der Waals surface area contributed by atoms with Gasteiger partial charge >= 0.3 is 5.69 Å². The van der Waals surface area contributed by atoms with Gasteiger partial charge in [0.25, 0.3) is 11.5 Å². The van der Waals surface area contributed by atoms with Crippen LogP contribution in [0.3, 0.4) is 0 Å². The second-order valence-electron chi connectivity index (χ2n) is 8.49. The SMILES string of the molecule is CC(C)(N)C1CN(c2c(F)cc3c(=O)n(N)c(=O)n(C4CC4)c3c2Cl)CC1(F)F. The third-order valence-corrected chi connectivity index (χ3v) is 6.07. The Morgan fingerprint density at radius 1 is 1.28 bits per heavy atom. The number of hydrogen-bond acceptors (Lipinski definition) is 5. The van der Waals surface area contributed by atoms with Crippen molar-refractivity contribution in [3.8, 4) is 0 Å². The van der Waals surface area contributed by atoms with Crippen LogP contribution in [0.15, 0.2) is 15.7 Å². The van der Waals surface area contributed by atoms with Gasteiger partial charge in [-0.25, -0.2) is 18.0 Å². The summed E-state index contributed by atoms with van der Waals surface area (Å²) in [7, 11) is 0. The highest BCUT2D eigenvalue weighted by atomic mass is 35.5. The van der Waals surface area contributed by atoms with E-state index in [1.165, 1.54) is 18.4 Å². The number of fused-ring (bicyclic) bond motifs is 1. The number of anilines is 1. The van der Waals surface area contributed by atoms with Crippen molar-refractivity contribution in [1.82, 2.24) is 9.24 Å². The van der Waals surface area contributed by atoms with Crippen molar-refractivity contribution < 1.29 is 13.2 Å². The number of halogens is 4. The Hall–Kier alpha value is -2.20. The van der Waals surface area contributed by atoms with Crippen LogP contribution >= 0.6 is 11.6 Å². The van der Waals surface area contributed by atoms with Gasteiger partial charge in [0, 0.05) is 18.1 Å². The molecule has 1 aliphatic carbocycles. The third-order valence-electron chi connectivity index (χ3n) is 5.71. The molecule has 0 bridgehead atoms. The second kappa shape index (κ2) is 6.15. The predicted molar refractivity (Wildman–Crippen MR) is 105 cm³/mol. The van der Waals surface area contributed by atoms with Gasteiger partial charge in [-0.05, 0) is 32.8 Å². The average molecular weight is 432 g/mol. The predicted octanol–water partition coefficient (Wildman–Crippen LogP) is 1.81. The zero-order chi connectivity index (χ0) is 21.5. The Labute approximate surface area is 168 Å². The smallest absolute Gasteiger partial charge is 0.350 e. The van der Waals surface area contributed by atoms with E-state index in [1.54, 1.807) is 0 Å². The van der Waals surface area contributed by atoms with E-state index in [0.717, 1.165) is 11.0 Å². The molecular formula is C18H21ClF3N5O2. The van der Waals surface area contributed by atoms with Crippen molar-refractivity contribution in [2.24, 2.45) is 11.7 Å².